The molecule has 0 bridgehead atoms. The van der Waals surface area contributed by atoms with Crippen LogP contribution in [-0.2, 0) is 4.74 Å². The third kappa shape index (κ3) is 4.19. The van der Waals surface area contributed by atoms with Crippen molar-refractivity contribution in [3.63, 3.8) is 0 Å². The first-order chi connectivity index (χ1) is 8.06. The molecule has 0 spiro atoms. The van der Waals surface area contributed by atoms with Crippen LogP contribution < -0.4 is 10.6 Å². The van der Waals surface area contributed by atoms with Gasteiger partial charge in [0.15, 0.2) is 0 Å². The van der Waals surface area contributed by atoms with Crippen LogP contribution in [0.2, 0.25) is 5.02 Å². The second-order valence-electron chi connectivity index (χ2n) is 4.27. The Kier molecular flexibility index (Phi) is 5.75. The zero-order chi connectivity index (χ0) is 12.8. The number of nitrogens with zero attached hydrogens (tertiary/aromatic N) is 1. The number of benzene rings is 1. The van der Waals surface area contributed by atoms with Crippen LogP contribution in [0.3, 0.4) is 0 Å². The van der Waals surface area contributed by atoms with E-state index in [4.69, 9.17) is 22.1 Å². The van der Waals surface area contributed by atoms with E-state index in [0.29, 0.717) is 0 Å². The Morgan fingerprint density at radius 2 is 2.18 bits per heavy atom. The quantitative estimate of drug-likeness (QED) is 0.796. The van der Waals surface area contributed by atoms with Gasteiger partial charge in [-0.2, -0.15) is 0 Å². The summed E-state index contributed by atoms with van der Waals surface area (Å²) < 4.78 is 5.03. The zero-order valence-corrected chi connectivity index (χ0v) is 11.5. The summed E-state index contributed by atoms with van der Waals surface area (Å²) in [5.41, 5.74) is 7.91. The third-order valence-corrected chi connectivity index (χ3v) is 3.05. The van der Waals surface area contributed by atoms with Crippen LogP contribution in [-0.4, -0.2) is 27.3 Å². The molecule has 3 nitrogen and oxygen atoms in total. The van der Waals surface area contributed by atoms with E-state index in [-0.39, 0.29) is 6.04 Å². The fraction of sp³-hybridized carbons (Fsp3) is 0.538. The lowest BCUT2D eigenvalue weighted by Gasteiger charge is -2.21. The highest BCUT2D eigenvalue weighted by atomic mass is 35.5. The van der Waals surface area contributed by atoms with E-state index in [1.807, 2.05) is 32.2 Å². The molecule has 0 aliphatic rings. The molecule has 1 aromatic rings. The van der Waals surface area contributed by atoms with Gasteiger partial charge in [-0.15, -0.1) is 0 Å². The molecule has 4 heteroatoms. The van der Waals surface area contributed by atoms with Gasteiger partial charge in [0.2, 0.25) is 0 Å². The zero-order valence-electron chi connectivity index (χ0n) is 10.7. The van der Waals surface area contributed by atoms with Gasteiger partial charge in [-0.1, -0.05) is 17.7 Å². The summed E-state index contributed by atoms with van der Waals surface area (Å²) in [7, 11) is 3.74. The number of halogens is 1. The molecule has 0 radical (unpaired) electrons. The van der Waals surface area contributed by atoms with Crippen LogP contribution in [0.15, 0.2) is 18.2 Å². The Labute approximate surface area is 109 Å². The fourth-order valence-corrected chi connectivity index (χ4v) is 2.02. The van der Waals surface area contributed by atoms with Gasteiger partial charge in [0, 0.05) is 33.4 Å². The number of anilines is 1. The smallest absolute Gasteiger partial charge is 0.0642 e. The number of methoxy groups -OCH3 is 1. The van der Waals surface area contributed by atoms with Crippen LogP contribution in [0.25, 0.3) is 0 Å². The first kappa shape index (κ1) is 14.3. The second kappa shape index (κ2) is 6.84. The van der Waals surface area contributed by atoms with Crippen LogP contribution in [0.1, 0.15) is 24.9 Å². The standard InChI is InChI=1S/C13H21ClN2O/c1-10(15)11-5-6-13(12(14)9-11)16(2)7-4-8-17-3/h5-6,9-10H,4,7-8,15H2,1-3H3. The maximum absolute atomic E-state index is 6.25. The summed E-state index contributed by atoms with van der Waals surface area (Å²) >= 11 is 6.25. The molecule has 96 valence electrons. The highest BCUT2D eigenvalue weighted by molar-refractivity contribution is 6.33. The van der Waals surface area contributed by atoms with E-state index in [9.17, 15) is 0 Å². The van der Waals surface area contributed by atoms with Crippen molar-refractivity contribution in [1.29, 1.82) is 0 Å². The van der Waals surface area contributed by atoms with Crippen LogP contribution in [0.4, 0.5) is 5.69 Å². The number of rotatable bonds is 6. The van der Waals surface area contributed by atoms with Crippen LogP contribution in [0, 0.1) is 0 Å². The molecule has 1 rings (SSSR count). The third-order valence-electron chi connectivity index (χ3n) is 2.75. The van der Waals surface area contributed by atoms with Gasteiger partial charge in [-0.25, -0.2) is 0 Å². The van der Waals surface area contributed by atoms with Gasteiger partial charge in [-0.05, 0) is 31.0 Å². The second-order valence-corrected chi connectivity index (χ2v) is 4.67. The first-order valence-corrected chi connectivity index (χ1v) is 6.19. The summed E-state index contributed by atoms with van der Waals surface area (Å²) in [6.07, 6.45) is 0.984. The van der Waals surface area contributed by atoms with Gasteiger partial charge in [0.05, 0.1) is 10.7 Å². The molecule has 17 heavy (non-hydrogen) atoms. The predicted molar refractivity (Wildman–Crippen MR) is 73.8 cm³/mol. The lowest BCUT2D eigenvalue weighted by molar-refractivity contribution is 0.196. The highest BCUT2D eigenvalue weighted by Gasteiger charge is 2.08. The van der Waals surface area contributed by atoms with E-state index < -0.39 is 0 Å². The number of hydrogen-bond acceptors (Lipinski definition) is 3. The minimum atomic E-state index is 0.0142. The SMILES string of the molecule is COCCCN(C)c1ccc(C(C)N)cc1Cl. The largest absolute Gasteiger partial charge is 0.385 e. The molecule has 0 aromatic heterocycles. The highest BCUT2D eigenvalue weighted by Crippen LogP contribution is 2.27. The summed E-state index contributed by atoms with van der Waals surface area (Å²) in [5, 5.41) is 0.750. The van der Waals surface area contributed by atoms with Crippen molar-refractivity contribution in [2.45, 2.75) is 19.4 Å². The van der Waals surface area contributed by atoms with Crippen molar-refractivity contribution in [3.05, 3.63) is 28.8 Å². The minimum absolute atomic E-state index is 0.0142. The molecule has 0 saturated heterocycles. The van der Waals surface area contributed by atoms with Crippen molar-refractivity contribution in [3.8, 4) is 0 Å². The first-order valence-electron chi connectivity index (χ1n) is 5.81. The molecule has 1 atom stereocenters. The fourth-order valence-electron chi connectivity index (χ4n) is 1.68. The normalized spacial score (nSPS) is 12.5. The maximum atomic E-state index is 6.25. The van der Waals surface area contributed by atoms with Gasteiger partial charge in [-0.3, -0.25) is 0 Å². The molecule has 2 N–H and O–H groups in total. The Morgan fingerprint density at radius 3 is 2.71 bits per heavy atom. The molecule has 0 fully saturated rings. The van der Waals surface area contributed by atoms with Crippen molar-refractivity contribution in [2.75, 3.05) is 32.2 Å². The van der Waals surface area contributed by atoms with Crippen LogP contribution in [0.5, 0.6) is 0 Å². The molecule has 0 aliphatic carbocycles. The molecule has 0 amide bonds. The lowest BCUT2D eigenvalue weighted by atomic mass is 10.1. The van der Waals surface area contributed by atoms with Gasteiger partial charge in [0.25, 0.3) is 0 Å². The van der Waals surface area contributed by atoms with E-state index in [1.54, 1.807) is 7.11 Å². The predicted octanol–water partition coefficient (Wildman–Crippen LogP) is 2.83. The molecule has 0 saturated carbocycles. The summed E-state index contributed by atoms with van der Waals surface area (Å²) in [4.78, 5) is 2.13. The average Bonchev–Trinajstić information content (AvgIpc) is 2.28. The van der Waals surface area contributed by atoms with Crippen molar-refractivity contribution < 1.29 is 4.74 Å². The van der Waals surface area contributed by atoms with E-state index in [2.05, 4.69) is 4.90 Å². The van der Waals surface area contributed by atoms with Crippen molar-refractivity contribution >= 4 is 17.3 Å². The molecule has 0 heterocycles. The number of nitrogens with two attached hydrogens (primary N) is 1. The molecular formula is C13H21ClN2O. The Hall–Kier alpha value is -0.770. The van der Waals surface area contributed by atoms with Crippen LogP contribution >= 0.6 is 11.6 Å². The lowest BCUT2D eigenvalue weighted by Crippen LogP contribution is -2.20. The number of hydrogen-bond donors (Lipinski definition) is 1. The maximum Gasteiger partial charge on any atom is 0.0642 e. The van der Waals surface area contributed by atoms with E-state index >= 15 is 0 Å². The van der Waals surface area contributed by atoms with Gasteiger partial charge in [0.1, 0.15) is 0 Å². The molecule has 1 aromatic carbocycles. The van der Waals surface area contributed by atoms with Crippen molar-refractivity contribution in [1.82, 2.24) is 0 Å². The number of ether oxygens (including phenoxy) is 1. The van der Waals surface area contributed by atoms with E-state index in [0.717, 1.165) is 35.8 Å². The summed E-state index contributed by atoms with van der Waals surface area (Å²) in [6, 6.07) is 6.00. The topological polar surface area (TPSA) is 38.5 Å². The Bertz CT molecular complexity index is 355. The van der Waals surface area contributed by atoms with Gasteiger partial charge < -0.3 is 15.4 Å². The Balaban J connectivity index is 2.70. The monoisotopic (exact) mass is 256 g/mol. The summed E-state index contributed by atoms with van der Waals surface area (Å²) in [6.45, 7) is 3.64. The molecule has 0 aliphatic heterocycles. The summed E-state index contributed by atoms with van der Waals surface area (Å²) in [5.74, 6) is 0. The van der Waals surface area contributed by atoms with E-state index in [1.165, 1.54) is 0 Å². The molecule has 1 unspecified atom stereocenters. The van der Waals surface area contributed by atoms with Gasteiger partial charge >= 0.3 is 0 Å². The molecular weight excluding hydrogens is 236 g/mol. The Morgan fingerprint density at radius 1 is 1.47 bits per heavy atom. The average molecular weight is 257 g/mol. The minimum Gasteiger partial charge on any atom is -0.385 e. The van der Waals surface area contributed by atoms with Crippen molar-refractivity contribution in [2.24, 2.45) is 5.73 Å².